The summed E-state index contributed by atoms with van der Waals surface area (Å²) in [5, 5.41) is 19.5. The molecule has 1 fully saturated rings. The van der Waals surface area contributed by atoms with Gasteiger partial charge in [0.25, 0.3) is 0 Å². The standard InChI is InChI=1S/C12H20N4O2/c1-7(10-6-14-16(3)8(10)2)15-12(18)11-4-9(17)5-13-11/h6-7,9,11,13,17H,4-5H2,1-3H3,(H,15,18). The third-order valence-electron chi connectivity index (χ3n) is 3.52. The maximum Gasteiger partial charge on any atom is 0.237 e. The minimum Gasteiger partial charge on any atom is -0.392 e. The molecule has 6 nitrogen and oxygen atoms in total. The monoisotopic (exact) mass is 252 g/mol. The Morgan fingerprint density at radius 2 is 2.44 bits per heavy atom. The first-order valence-corrected chi connectivity index (χ1v) is 6.19. The lowest BCUT2D eigenvalue weighted by atomic mass is 10.1. The van der Waals surface area contributed by atoms with Gasteiger partial charge < -0.3 is 15.7 Å². The van der Waals surface area contributed by atoms with Gasteiger partial charge in [0.05, 0.1) is 24.4 Å². The van der Waals surface area contributed by atoms with Crippen molar-refractivity contribution in [3.8, 4) is 0 Å². The second kappa shape index (κ2) is 5.07. The van der Waals surface area contributed by atoms with E-state index in [2.05, 4.69) is 15.7 Å². The van der Waals surface area contributed by atoms with Crippen LogP contribution in [0.4, 0.5) is 0 Å². The maximum atomic E-state index is 12.0. The zero-order chi connectivity index (χ0) is 13.3. The van der Waals surface area contributed by atoms with Gasteiger partial charge in [-0.15, -0.1) is 0 Å². The van der Waals surface area contributed by atoms with Crippen LogP contribution in [-0.4, -0.2) is 39.5 Å². The molecule has 1 aromatic rings. The third kappa shape index (κ3) is 2.54. The zero-order valence-electron chi connectivity index (χ0n) is 11.0. The normalized spacial score (nSPS) is 25.1. The van der Waals surface area contributed by atoms with Crippen molar-refractivity contribution in [3.63, 3.8) is 0 Å². The van der Waals surface area contributed by atoms with Crippen molar-refractivity contribution in [2.24, 2.45) is 7.05 Å². The molecule has 0 aliphatic carbocycles. The molecule has 3 N–H and O–H groups in total. The number of hydrogen-bond acceptors (Lipinski definition) is 4. The quantitative estimate of drug-likeness (QED) is 0.685. The second-order valence-electron chi connectivity index (χ2n) is 4.89. The SMILES string of the molecule is Cc1c(C(C)NC(=O)C2CC(O)CN2)cnn1C. The fraction of sp³-hybridized carbons (Fsp3) is 0.667. The molecule has 6 heteroatoms. The van der Waals surface area contributed by atoms with Crippen LogP contribution in [0, 0.1) is 6.92 Å². The summed E-state index contributed by atoms with van der Waals surface area (Å²) >= 11 is 0. The van der Waals surface area contributed by atoms with E-state index in [0.717, 1.165) is 11.3 Å². The molecule has 0 saturated carbocycles. The van der Waals surface area contributed by atoms with Crippen molar-refractivity contribution in [2.45, 2.75) is 38.5 Å². The molecule has 100 valence electrons. The minimum atomic E-state index is -0.420. The average molecular weight is 252 g/mol. The summed E-state index contributed by atoms with van der Waals surface area (Å²) in [5.41, 5.74) is 2.06. The fourth-order valence-electron chi connectivity index (χ4n) is 2.25. The van der Waals surface area contributed by atoms with E-state index in [9.17, 15) is 9.90 Å². The van der Waals surface area contributed by atoms with Gasteiger partial charge in [0.2, 0.25) is 5.91 Å². The van der Waals surface area contributed by atoms with Crippen molar-refractivity contribution in [1.82, 2.24) is 20.4 Å². The number of carbonyl (C=O) groups excluding carboxylic acids is 1. The molecule has 1 saturated heterocycles. The van der Waals surface area contributed by atoms with E-state index in [4.69, 9.17) is 0 Å². The van der Waals surface area contributed by atoms with E-state index in [1.807, 2.05) is 20.9 Å². The lowest BCUT2D eigenvalue weighted by Gasteiger charge is -2.17. The van der Waals surface area contributed by atoms with Crippen molar-refractivity contribution < 1.29 is 9.90 Å². The summed E-state index contributed by atoms with van der Waals surface area (Å²) < 4.78 is 1.79. The van der Waals surface area contributed by atoms with Crippen molar-refractivity contribution in [3.05, 3.63) is 17.5 Å². The summed E-state index contributed by atoms with van der Waals surface area (Å²) in [6.45, 7) is 4.40. The van der Waals surface area contributed by atoms with Gasteiger partial charge in [-0.1, -0.05) is 0 Å². The molecular formula is C12H20N4O2. The number of hydrogen-bond donors (Lipinski definition) is 3. The smallest absolute Gasteiger partial charge is 0.237 e. The molecule has 0 spiro atoms. The Kier molecular flexibility index (Phi) is 3.68. The number of carbonyl (C=O) groups is 1. The van der Waals surface area contributed by atoms with Crippen LogP contribution in [0.1, 0.15) is 30.6 Å². The molecule has 2 rings (SSSR count). The van der Waals surface area contributed by atoms with Crippen LogP contribution in [0.3, 0.4) is 0 Å². The van der Waals surface area contributed by atoms with Crippen LogP contribution < -0.4 is 10.6 Å². The molecule has 1 amide bonds. The van der Waals surface area contributed by atoms with Crippen LogP contribution in [0.5, 0.6) is 0 Å². The summed E-state index contributed by atoms with van der Waals surface area (Å²) in [6.07, 6.45) is 1.83. The Morgan fingerprint density at radius 1 is 1.72 bits per heavy atom. The number of rotatable bonds is 3. The van der Waals surface area contributed by atoms with Gasteiger partial charge in [-0.2, -0.15) is 5.10 Å². The van der Waals surface area contributed by atoms with E-state index in [1.54, 1.807) is 10.9 Å². The van der Waals surface area contributed by atoms with Gasteiger partial charge in [0, 0.05) is 24.8 Å². The Morgan fingerprint density at radius 3 is 2.94 bits per heavy atom. The fourth-order valence-corrected chi connectivity index (χ4v) is 2.25. The first-order valence-electron chi connectivity index (χ1n) is 6.19. The van der Waals surface area contributed by atoms with Gasteiger partial charge in [-0.25, -0.2) is 0 Å². The minimum absolute atomic E-state index is 0.0673. The van der Waals surface area contributed by atoms with Crippen LogP contribution >= 0.6 is 0 Å². The summed E-state index contributed by atoms with van der Waals surface area (Å²) in [6, 6.07) is -0.370. The molecule has 2 heterocycles. The highest BCUT2D eigenvalue weighted by Gasteiger charge is 2.29. The van der Waals surface area contributed by atoms with Crippen LogP contribution in [-0.2, 0) is 11.8 Å². The lowest BCUT2D eigenvalue weighted by Crippen LogP contribution is -2.41. The first kappa shape index (κ1) is 13.0. The topological polar surface area (TPSA) is 79.2 Å². The molecule has 0 radical (unpaired) electrons. The van der Waals surface area contributed by atoms with E-state index < -0.39 is 6.10 Å². The Balaban J connectivity index is 1.97. The van der Waals surface area contributed by atoms with Crippen LogP contribution in [0.25, 0.3) is 0 Å². The molecule has 18 heavy (non-hydrogen) atoms. The summed E-state index contributed by atoms with van der Waals surface area (Å²) in [7, 11) is 1.88. The van der Waals surface area contributed by atoms with E-state index in [-0.39, 0.29) is 18.0 Å². The number of nitrogens with one attached hydrogen (secondary N) is 2. The number of aliphatic hydroxyl groups excluding tert-OH is 1. The summed E-state index contributed by atoms with van der Waals surface area (Å²) in [5.74, 6) is -0.0673. The molecule has 3 unspecified atom stereocenters. The van der Waals surface area contributed by atoms with E-state index in [0.29, 0.717) is 13.0 Å². The predicted octanol–water partition coefficient (Wildman–Crippen LogP) is -0.371. The Bertz CT molecular complexity index is 443. The predicted molar refractivity (Wildman–Crippen MR) is 66.9 cm³/mol. The molecule has 1 aromatic heterocycles. The molecule has 0 bridgehead atoms. The maximum absolute atomic E-state index is 12.0. The second-order valence-corrected chi connectivity index (χ2v) is 4.89. The Labute approximate surface area is 106 Å². The lowest BCUT2D eigenvalue weighted by molar-refractivity contribution is -0.123. The number of aliphatic hydroxyl groups is 1. The third-order valence-corrected chi connectivity index (χ3v) is 3.52. The van der Waals surface area contributed by atoms with Gasteiger partial charge in [-0.3, -0.25) is 9.48 Å². The van der Waals surface area contributed by atoms with Gasteiger partial charge in [0.15, 0.2) is 0 Å². The Hall–Kier alpha value is -1.40. The molecular weight excluding hydrogens is 232 g/mol. The number of amides is 1. The molecule has 1 aliphatic rings. The largest absolute Gasteiger partial charge is 0.392 e. The highest BCUT2D eigenvalue weighted by Crippen LogP contribution is 2.17. The van der Waals surface area contributed by atoms with Crippen LogP contribution in [0.2, 0.25) is 0 Å². The number of nitrogens with zero attached hydrogens (tertiary/aromatic N) is 2. The van der Waals surface area contributed by atoms with Gasteiger partial charge in [0.1, 0.15) is 0 Å². The highest BCUT2D eigenvalue weighted by molar-refractivity contribution is 5.82. The first-order chi connectivity index (χ1) is 8.49. The van der Waals surface area contributed by atoms with Crippen molar-refractivity contribution in [2.75, 3.05) is 6.54 Å². The highest BCUT2D eigenvalue weighted by atomic mass is 16.3. The van der Waals surface area contributed by atoms with Gasteiger partial charge in [-0.05, 0) is 20.3 Å². The van der Waals surface area contributed by atoms with E-state index in [1.165, 1.54) is 0 Å². The number of aromatic nitrogens is 2. The number of aryl methyl sites for hydroxylation is 1. The molecule has 0 aromatic carbocycles. The van der Waals surface area contributed by atoms with Crippen molar-refractivity contribution >= 4 is 5.91 Å². The summed E-state index contributed by atoms with van der Waals surface area (Å²) in [4.78, 5) is 12.0. The van der Waals surface area contributed by atoms with Crippen molar-refractivity contribution in [1.29, 1.82) is 0 Å². The van der Waals surface area contributed by atoms with E-state index >= 15 is 0 Å². The van der Waals surface area contributed by atoms with Crippen LogP contribution in [0.15, 0.2) is 6.20 Å². The average Bonchev–Trinajstić information content (AvgIpc) is 2.87. The molecule has 1 aliphatic heterocycles. The number of β-amino-alcohol motifs (C(OH)–C–C–N with tert-alkyl or cyclic N) is 1. The molecule has 3 atom stereocenters. The van der Waals surface area contributed by atoms with Gasteiger partial charge >= 0.3 is 0 Å². The zero-order valence-corrected chi connectivity index (χ0v) is 11.0.